The van der Waals surface area contributed by atoms with E-state index in [4.69, 9.17) is 0 Å². The summed E-state index contributed by atoms with van der Waals surface area (Å²) >= 11 is 0. The zero-order valence-electron chi connectivity index (χ0n) is 13.7. The van der Waals surface area contributed by atoms with Crippen molar-refractivity contribution in [3.63, 3.8) is 0 Å². The third-order valence-corrected chi connectivity index (χ3v) is 4.88. The Morgan fingerprint density at radius 1 is 1.08 bits per heavy atom. The van der Waals surface area contributed by atoms with Crippen LogP contribution in [-0.2, 0) is 17.1 Å². The van der Waals surface area contributed by atoms with Crippen molar-refractivity contribution >= 4 is 27.4 Å². The van der Waals surface area contributed by atoms with Crippen LogP contribution in [0.3, 0.4) is 0 Å². The van der Waals surface area contributed by atoms with E-state index in [1.54, 1.807) is 24.0 Å². The standard InChI is InChI=1S/C17H15FN4O3S/c1-22-11-10-16(20-22)19-17(23)12-6-8-13(9-7-12)26(24,25)21-15-5-3-2-4-14(15)18/h2-11,21H,1H3,(H,19,20,23). The second kappa shape index (κ2) is 6.96. The van der Waals surface area contributed by atoms with Gasteiger partial charge in [-0.3, -0.25) is 14.2 Å². The smallest absolute Gasteiger partial charge is 0.261 e. The van der Waals surface area contributed by atoms with Gasteiger partial charge in [0.1, 0.15) is 5.82 Å². The number of carbonyl (C=O) groups excluding carboxylic acids is 1. The number of nitrogens with zero attached hydrogens (tertiary/aromatic N) is 2. The molecule has 134 valence electrons. The molecule has 0 saturated heterocycles. The maximum atomic E-state index is 13.6. The summed E-state index contributed by atoms with van der Waals surface area (Å²) in [7, 11) is -2.25. The average Bonchev–Trinajstić information content (AvgIpc) is 3.02. The first-order chi connectivity index (χ1) is 12.3. The molecule has 0 spiro atoms. The summed E-state index contributed by atoms with van der Waals surface area (Å²) in [5, 5.41) is 6.63. The van der Waals surface area contributed by atoms with Crippen LogP contribution in [0.2, 0.25) is 0 Å². The zero-order valence-corrected chi connectivity index (χ0v) is 14.5. The Morgan fingerprint density at radius 3 is 2.38 bits per heavy atom. The minimum atomic E-state index is -3.97. The number of hydrogen-bond donors (Lipinski definition) is 2. The minimum Gasteiger partial charge on any atom is -0.305 e. The lowest BCUT2D eigenvalue weighted by Gasteiger charge is -2.09. The normalized spacial score (nSPS) is 11.2. The molecule has 0 aliphatic carbocycles. The van der Waals surface area contributed by atoms with Crippen molar-refractivity contribution in [2.75, 3.05) is 10.0 Å². The largest absolute Gasteiger partial charge is 0.305 e. The number of aryl methyl sites for hydroxylation is 1. The molecule has 0 saturated carbocycles. The van der Waals surface area contributed by atoms with Gasteiger partial charge in [0.15, 0.2) is 5.82 Å². The van der Waals surface area contributed by atoms with Crippen molar-refractivity contribution < 1.29 is 17.6 Å². The van der Waals surface area contributed by atoms with Gasteiger partial charge in [-0.15, -0.1) is 0 Å². The number of carbonyl (C=O) groups is 1. The Hall–Kier alpha value is -3.20. The van der Waals surface area contributed by atoms with E-state index in [0.717, 1.165) is 6.07 Å². The SMILES string of the molecule is Cn1ccc(NC(=O)c2ccc(S(=O)(=O)Nc3ccccc3F)cc2)n1. The van der Waals surface area contributed by atoms with Crippen LogP contribution in [0.4, 0.5) is 15.9 Å². The molecule has 0 fully saturated rings. The van der Waals surface area contributed by atoms with Crippen LogP contribution in [-0.4, -0.2) is 24.1 Å². The third-order valence-electron chi connectivity index (χ3n) is 3.50. The van der Waals surface area contributed by atoms with E-state index in [1.165, 1.54) is 42.5 Å². The van der Waals surface area contributed by atoms with Crippen LogP contribution in [0.15, 0.2) is 65.7 Å². The van der Waals surface area contributed by atoms with Gasteiger partial charge in [-0.25, -0.2) is 12.8 Å². The number of nitrogens with one attached hydrogen (secondary N) is 2. The van der Waals surface area contributed by atoms with Gasteiger partial charge < -0.3 is 5.32 Å². The molecule has 1 aromatic heterocycles. The summed E-state index contributed by atoms with van der Waals surface area (Å²) < 4.78 is 42.0. The summed E-state index contributed by atoms with van der Waals surface area (Å²) in [5.41, 5.74) is 0.116. The van der Waals surface area contributed by atoms with Gasteiger partial charge in [0.2, 0.25) is 0 Å². The van der Waals surface area contributed by atoms with Crippen molar-refractivity contribution in [2.24, 2.45) is 7.05 Å². The van der Waals surface area contributed by atoms with Crippen LogP contribution < -0.4 is 10.0 Å². The predicted molar refractivity (Wildman–Crippen MR) is 94.8 cm³/mol. The highest BCUT2D eigenvalue weighted by Crippen LogP contribution is 2.19. The first-order valence-corrected chi connectivity index (χ1v) is 9.02. The fourth-order valence-electron chi connectivity index (χ4n) is 2.20. The number of halogens is 1. The number of amides is 1. The molecular formula is C17H15FN4O3S. The maximum absolute atomic E-state index is 13.6. The Bertz CT molecular complexity index is 1050. The number of anilines is 2. The third kappa shape index (κ3) is 3.89. The van der Waals surface area contributed by atoms with Gasteiger partial charge in [0.25, 0.3) is 15.9 Å². The van der Waals surface area contributed by atoms with Crippen LogP contribution in [0.1, 0.15) is 10.4 Å². The first kappa shape index (κ1) is 17.6. The lowest BCUT2D eigenvalue weighted by molar-refractivity contribution is 0.102. The van der Waals surface area contributed by atoms with E-state index in [9.17, 15) is 17.6 Å². The fraction of sp³-hybridized carbons (Fsp3) is 0.0588. The predicted octanol–water partition coefficient (Wildman–Crippen LogP) is 2.61. The number of benzene rings is 2. The molecule has 1 heterocycles. The molecule has 0 bridgehead atoms. The van der Waals surface area contributed by atoms with Crippen molar-refractivity contribution in [3.05, 3.63) is 72.2 Å². The molecule has 1 amide bonds. The fourth-order valence-corrected chi connectivity index (χ4v) is 3.27. The topological polar surface area (TPSA) is 93.1 Å². The van der Waals surface area contributed by atoms with Gasteiger partial charge >= 0.3 is 0 Å². The minimum absolute atomic E-state index is 0.0878. The molecule has 0 aliphatic rings. The van der Waals surface area contributed by atoms with Crippen LogP contribution in [0.5, 0.6) is 0 Å². The van der Waals surface area contributed by atoms with Crippen molar-refractivity contribution in [1.82, 2.24) is 9.78 Å². The van der Waals surface area contributed by atoms with Gasteiger partial charge in [-0.1, -0.05) is 12.1 Å². The number of sulfonamides is 1. The summed E-state index contributed by atoms with van der Waals surface area (Å²) in [6, 6.07) is 12.4. The maximum Gasteiger partial charge on any atom is 0.261 e. The summed E-state index contributed by atoms with van der Waals surface area (Å²) in [6.45, 7) is 0. The Labute approximate surface area is 149 Å². The molecule has 26 heavy (non-hydrogen) atoms. The quantitative estimate of drug-likeness (QED) is 0.718. The highest BCUT2D eigenvalue weighted by Gasteiger charge is 2.17. The number of para-hydroxylation sites is 1. The van der Waals surface area contributed by atoms with Gasteiger partial charge in [-0.05, 0) is 36.4 Å². The lowest BCUT2D eigenvalue weighted by Crippen LogP contribution is -2.15. The summed E-state index contributed by atoms with van der Waals surface area (Å²) in [5.74, 6) is -0.715. The van der Waals surface area contributed by atoms with E-state index in [0.29, 0.717) is 5.82 Å². The van der Waals surface area contributed by atoms with Gasteiger partial charge in [0, 0.05) is 24.9 Å². The van der Waals surface area contributed by atoms with Gasteiger partial charge in [0.05, 0.1) is 10.6 Å². The molecule has 9 heteroatoms. The highest BCUT2D eigenvalue weighted by atomic mass is 32.2. The highest BCUT2D eigenvalue weighted by molar-refractivity contribution is 7.92. The van der Waals surface area contributed by atoms with E-state index in [-0.39, 0.29) is 16.1 Å². The molecule has 0 aliphatic heterocycles. The van der Waals surface area contributed by atoms with E-state index >= 15 is 0 Å². The Kier molecular flexibility index (Phi) is 4.72. The number of rotatable bonds is 5. The lowest BCUT2D eigenvalue weighted by atomic mass is 10.2. The zero-order chi connectivity index (χ0) is 18.7. The molecule has 7 nitrogen and oxygen atoms in total. The van der Waals surface area contributed by atoms with Crippen molar-refractivity contribution in [1.29, 1.82) is 0 Å². The van der Waals surface area contributed by atoms with Crippen LogP contribution in [0.25, 0.3) is 0 Å². The summed E-state index contributed by atoms with van der Waals surface area (Å²) in [6.07, 6.45) is 1.68. The average molecular weight is 374 g/mol. The number of aromatic nitrogens is 2. The second-order valence-electron chi connectivity index (χ2n) is 5.44. The Balaban J connectivity index is 1.76. The number of hydrogen-bond acceptors (Lipinski definition) is 4. The van der Waals surface area contributed by atoms with E-state index in [2.05, 4.69) is 15.1 Å². The van der Waals surface area contributed by atoms with Crippen molar-refractivity contribution in [2.45, 2.75) is 4.90 Å². The molecule has 2 N–H and O–H groups in total. The molecule has 3 rings (SSSR count). The first-order valence-electron chi connectivity index (χ1n) is 7.53. The van der Waals surface area contributed by atoms with Crippen LogP contribution >= 0.6 is 0 Å². The molecule has 2 aromatic carbocycles. The molecule has 0 atom stereocenters. The molecular weight excluding hydrogens is 359 g/mol. The van der Waals surface area contributed by atoms with Crippen molar-refractivity contribution in [3.8, 4) is 0 Å². The van der Waals surface area contributed by atoms with E-state index in [1.807, 2.05) is 0 Å². The van der Waals surface area contributed by atoms with Crippen LogP contribution in [0, 0.1) is 5.82 Å². The van der Waals surface area contributed by atoms with E-state index < -0.39 is 21.7 Å². The Morgan fingerprint density at radius 2 is 1.77 bits per heavy atom. The second-order valence-corrected chi connectivity index (χ2v) is 7.12. The summed E-state index contributed by atoms with van der Waals surface area (Å²) in [4.78, 5) is 12.1. The molecule has 0 radical (unpaired) electrons. The molecule has 0 unspecified atom stereocenters. The van der Waals surface area contributed by atoms with Gasteiger partial charge in [-0.2, -0.15) is 5.10 Å². The molecule has 3 aromatic rings. The monoisotopic (exact) mass is 374 g/mol.